The summed E-state index contributed by atoms with van der Waals surface area (Å²) in [5.74, 6) is 0.581. The van der Waals surface area contributed by atoms with Gasteiger partial charge in [-0.2, -0.15) is 0 Å². The van der Waals surface area contributed by atoms with Crippen LogP contribution in [-0.4, -0.2) is 19.3 Å². The van der Waals surface area contributed by atoms with E-state index in [4.69, 9.17) is 4.74 Å². The maximum atomic E-state index is 6.06. The van der Waals surface area contributed by atoms with Crippen LogP contribution >= 0.6 is 0 Å². The first kappa shape index (κ1) is 15.2. The lowest BCUT2D eigenvalue weighted by atomic mass is 9.99. The average molecular weight is 249 g/mol. The lowest BCUT2D eigenvalue weighted by Gasteiger charge is -2.28. The minimum Gasteiger partial charge on any atom is -0.376 e. The summed E-state index contributed by atoms with van der Waals surface area (Å²) >= 11 is 0. The second-order valence-electron chi connectivity index (χ2n) is 5.12. The van der Waals surface area contributed by atoms with Crippen molar-refractivity contribution >= 4 is 0 Å². The predicted octanol–water partition coefficient (Wildman–Crippen LogP) is 3.79. The molecule has 0 saturated carbocycles. The molecule has 0 aromatic heterocycles. The summed E-state index contributed by atoms with van der Waals surface area (Å²) in [6.07, 6.45) is 1.27. The van der Waals surface area contributed by atoms with Gasteiger partial charge < -0.3 is 10.1 Å². The van der Waals surface area contributed by atoms with Crippen LogP contribution in [0, 0.1) is 5.92 Å². The molecular formula is C16H27NO. The Bertz CT molecular complexity index is 310. The summed E-state index contributed by atoms with van der Waals surface area (Å²) in [5.41, 5.74) is 1.31. The zero-order valence-electron chi connectivity index (χ0n) is 12.1. The van der Waals surface area contributed by atoms with E-state index in [9.17, 15) is 0 Å². The Morgan fingerprint density at radius 2 is 1.78 bits per heavy atom. The molecule has 2 nitrogen and oxygen atoms in total. The van der Waals surface area contributed by atoms with Gasteiger partial charge >= 0.3 is 0 Å². The maximum absolute atomic E-state index is 6.06. The standard InChI is InChI=1S/C16H27NO/c1-5-15(18-12-13(3)4)16(17-6-2)14-10-8-7-9-11-14/h7-11,13,15-17H,5-6,12H2,1-4H3. The van der Waals surface area contributed by atoms with Gasteiger partial charge in [0.25, 0.3) is 0 Å². The molecule has 0 saturated heterocycles. The molecule has 0 amide bonds. The summed E-state index contributed by atoms with van der Waals surface area (Å²) in [4.78, 5) is 0. The summed E-state index contributed by atoms with van der Waals surface area (Å²) in [6.45, 7) is 10.5. The summed E-state index contributed by atoms with van der Waals surface area (Å²) < 4.78 is 6.06. The van der Waals surface area contributed by atoms with Gasteiger partial charge in [-0.15, -0.1) is 0 Å². The van der Waals surface area contributed by atoms with Crippen molar-refractivity contribution in [1.29, 1.82) is 0 Å². The van der Waals surface area contributed by atoms with E-state index >= 15 is 0 Å². The van der Waals surface area contributed by atoms with E-state index < -0.39 is 0 Å². The molecule has 1 aromatic carbocycles. The van der Waals surface area contributed by atoms with Crippen LogP contribution in [0.5, 0.6) is 0 Å². The molecule has 0 heterocycles. The van der Waals surface area contributed by atoms with Crippen LogP contribution in [0.2, 0.25) is 0 Å². The van der Waals surface area contributed by atoms with Gasteiger partial charge in [-0.05, 0) is 24.4 Å². The number of nitrogens with one attached hydrogen (secondary N) is 1. The molecule has 0 aliphatic carbocycles. The van der Waals surface area contributed by atoms with Crippen molar-refractivity contribution in [2.75, 3.05) is 13.2 Å². The van der Waals surface area contributed by atoms with Gasteiger partial charge in [0.15, 0.2) is 0 Å². The first-order valence-corrected chi connectivity index (χ1v) is 7.08. The normalized spacial score (nSPS) is 14.7. The fourth-order valence-electron chi connectivity index (χ4n) is 2.11. The molecule has 0 aliphatic heterocycles. The Hall–Kier alpha value is -0.860. The first-order chi connectivity index (χ1) is 8.69. The third-order valence-electron chi connectivity index (χ3n) is 3.00. The minimum absolute atomic E-state index is 0.245. The van der Waals surface area contributed by atoms with Crippen molar-refractivity contribution in [3.05, 3.63) is 35.9 Å². The van der Waals surface area contributed by atoms with E-state index in [0.717, 1.165) is 19.6 Å². The van der Waals surface area contributed by atoms with E-state index in [1.165, 1.54) is 5.56 Å². The van der Waals surface area contributed by atoms with Crippen molar-refractivity contribution in [3.63, 3.8) is 0 Å². The molecular weight excluding hydrogens is 222 g/mol. The molecule has 0 bridgehead atoms. The molecule has 2 atom stereocenters. The molecule has 1 N–H and O–H groups in total. The Balaban J connectivity index is 2.75. The van der Waals surface area contributed by atoms with Gasteiger partial charge in [0.1, 0.15) is 0 Å². The second-order valence-corrected chi connectivity index (χ2v) is 5.12. The highest BCUT2D eigenvalue weighted by atomic mass is 16.5. The topological polar surface area (TPSA) is 21.3 Å². The van der Waals surface area contributed by atoms with Crippen molar-refractivity contribution < 1.29 is 4.74 Å². The fraction of sp³-hybridized carbons (Fsp3) is 0.625. The largest absolute Gasteiger partial charge is 0.376 e. The van der Waals surface area contributed by atoms with Crippen molar-refractivity contribution in [2.24, 2.45) is 5.92 Å². The highest BCUT2D eigenvalue weighted by Crippen LogP contribution is 2.22. The quantitative estimate of drug-likeness (QED) is 0.757. The van der Waals surface area contributed by atoms with Gasteiger partial charge in [-0.1, -0.05) is 58.0 Å². The highest BCUT2D eigenvalue weighted by molar-refractivity contribution is 5.20. The first-order valence-electron chi connectivity index (χ1n) is 7.08. The van der Waals surface area contributed by atoms with Gasteiger partial charge in [-0.3, -0.25) is 0 Å². The van der Waals surface area contributed by atoms with Crippen LogP contribution in [0.3, 0.4) is 0 Å². The second kappa shape index (κ2) is 8.28. The van der Waals surface area contributed by atoms with Gasteiger partial charge in [0.2, 0.25) is 0 Å². The lowest BCUT2D eigenvalue weighted by Crippen LogP contribution is -2.34. The van der Waals surface area contributed by atoms with Gasteiger partial charge in [-0.25, -0.2) is 0 Å². The van der Waals surface area contributed by atoms with Crippen LogP contribution < -0.4 is 5.32 Å². The fourth-order valence-corrected chi connectivity index (χ4v) is 2.11. The number of hydrogen-bond acceptors (Lipinski definition) is 2. The predicted molar refractivity (Wildman–Crippen MR) is 77.7 cm³/mol. The Morgan fingerprint density at radius 3 is 2.28 bits per heavy atom. The number of benzene rings is 1. The van der Waals surface area contributed by atoms with E-state index in [2.05, 4.69) is 63.3 Å². The molecule has 0 aliphatic rings. The summed E-state index contributed by atoms with van der Waals surface area (Å²) in [6, 6.07) is 10.9. The number of hydrogen-bond donors (Lipinski definition) is 1. The van der Waals surface area contributed by atoms with E-state index in [0.29, 0.717) is 12.0 Å². The molecule has 2 unspecified atom stereocenters. The minimum atomic E-state index is 0.245. The Morgan fingerprint density at radius 1 is 1.11 bits per heavy atom. The van der Waals surface area contributed by atoms with Gasteiger partial charge in [0.05, 0.1) is 12.1 Å². The third kappa shape index (κ3) is 4.79. The smallest absolute Gasteiger partial charge is 0.0767 e. The monoisotopic (exact) mass is 249 g/mol. The number of rotatable bonds is 8. The van der Waals surface area contributed by atoms with E-state index in [1.807, 2.05) is 0 Å². The molecule has 0 radical (unpaired) electrons. The maximum Gasteiger partial charge on any atom is 0.0767 e. The number of likely N-dealkylation sites (N-methyl/N-ethyl adjacent to an activating group) is 1. The average Bonchev–Trinajstić information content (AvgIpc) is 2.39. The van der Waals surface area contributed by atoms with E-state index in [-0.39, 0.29) is 6.10 Å². The molecule has 0 fully saturated rings. The van der Waals surface area contributed by atoms with Crippen molar-refractivity contribution in [3.8, 4) is 0 Å². The summed E-state index contributed by atoms with van der Waals surface area (Å²) in [7, 11) is 0. The van der Waals surface area contributed by atoms with E-state index in [1.54, 1.807) is 0 Å². The molecule has 1 rings (SSSR count). The zero-order valence-corrected chi connectivity index (χ0v) is 12.1. The zero-order chi connectivity index (χ0) is 13.4. The lowest BCUT2D eigenvalue weighted by molar-refractivity contribution is 0.00913. The summed E-state index contributed by atoms with van der Waals surface area (Å²) in [5, 5.41) is 3.55. The van der Waals surface area contributed by atoms with Crippen LogP contribution in [0.1, 0.15) is 45.7 Å². The van der Waals surface area contributed by atoms with Crippen molar-refractivity contribution in [1.82, 2.24) is 5.32 Å². The molecule has 18 heavy (non-hydrogen) atoms. The van der Waals surface area contributed by atoms with Crippen molar-refractivity contribution in [2.45, 2.75) is 46.3 Å². The highest BCUT2D eigenvalue weighted by Gasteiger charge is 2.21. The van der Waals surface area contributed by atoms with Crippen LogP contribution in [0.15, 0.2) is 30.3 Å². The SMILES string of the molecule is CCNC(c1ccccc1)C(CC)OCC(C)C. The molecule has 2 heteroatoms. The van der Waals surface area contributed by atoms with Gasteiger partial charge in [0, 0.05) is 6.61 Å². The number of ether oxygens (including phenoxy) is 1. The Labute approximate surface area is 112 Å². The molecule has 102 valence electrons. The Kier molecular flexibility index (Phi) is 6.99. The molecule has 0 spiro atoms. The van der Waals surface area contributed by atoms with Crippen LogP contribution in [0.25, 0.3) is 0 Å². The molecule has 1 aromatic rings. The van der Waals surface area contributed by atoms with Crippen LogP contribution in [-0.2, 0) is 4.74 Å². The van der Waals surface area contributed by atoms with Crippen LogP contribution in [0.4, 0.5) is 0 Å². The third-order valence-corrected chi connectivity index (χ3v) is 3.00.